The lowest BCUT2D eigenvalue weighted by molar-refractivity contribution is -0.131. The van der Waals surface area contributed by atoms with Crippen LogP contribution < -0.4 is 5.32 Å². The highest BCUT2D eigenvalue weighted by Gasteiger charge is 2.21. The minimum atomic E-state index is -1.13. The summed E-state index contributed by atoms with van der Waals surface area (Å²) in [4.78, 5) is 35.4. The maximum Gasteiger partial charge on any atom is 0.414 e. The first-order valence-corrected chi connectivity index (χ1v) is 9.13. The quantitative estimate of drug-likeness (QED) is 0.530. The fraction of sp³-hybridized carbons (Fsp3) is 0.0870. The van der Waals surface area contributed by atoms with Gasteiger partial charge in [-0.05, 0) is 23.6 Å². The molecule has 7 nitrogen and oxygen atoms in total. The van der Waals surface area contributed by atoms with Gasteiger partial charge in [0, 0.05) is 29.0 Å². The first-order chi connectivity index (χ1) is 14.5. The van der Waals surface area contributed by atoms with Crippen LogP contribution in [0.5, 0.6) is 5.75 Å². The minimum Gasteiger partial charge on any atom is -0.507 e. The van der Waals surface area contributed by atoms with E-state index >= 15 is 0 Å². The number of carbonyl (C=O) groups excluding carboxylic acids is 2. The van der Waals surface area contributed by atoms with Crippen molar-refractivity contribution in [3.8, 4) is 5.75 Å². The van der Waals surface area contributed by atoms with Gasteiger partial charge >= 0.3 is 12.1 Å². The van der Waals surface area contributed by atoms with Crippen LogP contribution in [0.25, 0.3) is 10.8 Å². The largest absolute Gasteiger partial charge is 0.507 e. The molecule has 0 aliphatic heterocycles. The molecule has 3 aromatic rings. The molecule has 3 N–H and O–H groups in total. The lowest BCUT2D eigenvalue weighted by Crippen LogP contribution is -2.32. The van der Waals surface area contributed by atoms with Crippen molar-refractivity contribution < 1.29 is 29.3 Å². The number of fused-ring (bicyclic) bond motifs is 1. The monoisotopic (exact) mass is 405 g/mol. The molecule has 0 radical (unpaired) electrons. The molecule has 152 valence electrons. The molecule has 0 aromatic heterocycles. The number of amides is 2. The highest BCUT2D eigenvalue weighted by molar-refractivity contribution is 6.03. The Balaban J connectivity index is 1.86. The maximum absolute atomic E-state index is 12.4. The number of phenolic OH excluding ortho intramolecular Hbond substituents is 1. The summed E-state index contributed by atoms with van der Waals surface area (Å²) >= 11 is 0. The summed E-state index contributed by atoms with van der Waals surface area (Å²) in [6, 6.07) is 18.3. The molecule has 0 heterocycles. The van der Waals surface area contributed by atoms with Crippen molar-refractivity contribution in [1.29, 1.82) is 0 Å². The Labute approximate surface area is 172 Å². The van der Waals surface area contributed by atoms with Crippen molar-refractivity contribution in [1.82, 2.24) is 5.32 Å². The van der Waals surface area contributed by atoms with Crippen molar-refractivity contribution in [2.24, 2.45) is 0 Å². The lowest BCUT2D eigenvalue weighted by Gasteiger charge is -2.19. The molecule has 3 aromatic carbocycles. The number of carbonyl (C=O) groups is 3. The van der Waals surface area contributed by atoms with Crippen LogP contribution in [0.15, 0.2) is 78.9 Å². The number of hydrogen-bond acceptors (Lipinski definition) is 5. The van der Waals surface area contributed by atoms with Crippen LogP contribution in [0.1, 0.15) is 28.4 Å². The molecule has 0 fully saturated rings. The standard InChI is InChI=1S/C23H19NO6/c25-19-14-13-18(16-9-4-5-10-17(16)19)20(11-6-12-21(26)27)30-23(29)24-22(28)15-7-2-1-3-8-15/h1-10,12-14,20,25H,11H2,(H,26,27)(H,24,28,29)/b12-6+/t20-/m0/s1. The summed E-state index contributed by atoms with van der Waals surface area (Å²) in [6.07, 6.45) is 0.533. The van der Waals surface area contributed by atoms with Gasteiger partial charge in [-0.2, -0.15) is 0 Å². The molecule has 0 saturated heterocycles. The second kappa shape index (κ2) is 9.38. The normalized spacial score (nSPS) is 11.9. The van der Waals surface area contributed by atoms with Crippen LogP contribution >= 0.6 is 0 Å². The van der Waals surface area contributed by atoms with Gasteiger partial charge in [-0.15, -0.1) is 0 Å². The highest BCUT2D eigenvalue weighted by Crippen LogP contribution is 2.34. The summed E-state index contributed by atoms with van der Waals surface area (Å²) in [5.41, 5.74) is 0.868. The maximum atomic E-state index is 12.4. The van der Waals surface area contributed by atoms with Crippen molar-refractivity contribution in [3.63, 3.8) is 0 Å². The van der Waals surface area contributed by atoms with Crippen molar-refractivity contribution in [2.75, 3.05) is 0 Å². The number of phenols is 1. The first kappa shape index (κ1) is 20.6. The number of hydrogen-bond donors (Lipinski definition) is 3. The van der Waals surface area contributed by atoms with Crippen LogP contribution in [0.4, 0.5) is 4.79 Å². The van der Waals surface area contributed by atoms with E-state index in [2.05, 4.69) is 5.32 Å². The van der Waals surface area contributed by atoms with Gasteiger partial charge in [0.05, 0.1) is 0 Å². The zero-order chi connectivity index (χ0) is 21.5. The number of aliphatic carboxylic acids is 1. The average Bonchev–Trinajstić information content (AvgIpc) is 2.74. The van der Waals surface area contributed by atoms with Gasteiger partial charge in [0.1, 0.15) is 11.9 Å². The number of alkyl carbamates (subject to hydrolysis) is 1. The summed E-state index contributed by atoms with van der Waals surface area (Å²) < 4.78 is 5.46. The summed E-state index contributed by atoms with van der Waals surface area (Å²) in [7, 11) is 0. The smallest absolute Gasteiger partial charge is 0.414 e. The van der Waals surface area contributed by atoms with E-state index in [1.54, 1.807) is 60.7 Å². The van der Waals surface area contributed by atoms with E-state index in [9.17, 15) is 19.5 Å². The van der Waals surface area contributed by atoms with Crippen LogP contribution in [-0.4, -0.2) is 28.2 Å². The molecule has 0 unspecified atom stereocenters. The Hall–Kier alpha value is -4.13. The number of rotatable bonds is 6. The molecule has 0 aliphatic carbocycles. The number of nitrogens with one attached hydrogen (secondary N) is 1. The van der Waals surface area contributed by atoms with Crippen LogP contribution in [0, 0.1) is 0 Å². The first-order valence-electron chi connectivity index (χ1n) is 9.13. The Morgan fingerprint density at radius 3 is 2.30 bits per heavy atom. The van der Waals surface area contributed by atoms with Crippen LogP contribution in [0.2, 0.25) is 0 Å². The Morgan fingerprint density at radius 2 is 1.60 bits per heavy atom. The average molecular weight is 405 g/mol. The topological polar surface area (TPSA) is 113 Å². The minimum absolute atomic E-state index is 0.0635. The van der Waals surface area contributed by atoms with Crippen molar-refractivity contribution in [2.45, 2.75) is 12.5 Å². The van der Waals surface area contributed by atoms with E-state index in [1.165, 1.54) is 12.1 Å². The third-order valence-electron chi connectivity index (χ3n) is 4.39. The van der Waals surface area contributed by atoms with Crippen molar-refractivity contribution >= 4 is 28.7 Å². The Bertz CT molecular complexity index is 1110. The zero-order valence-corrected chi connectivity index (χ0v) is 15.8. The second-order valence-electron chi connectivity index (χ2n) is 6.41. The van der Waals surface area contributed by atoms with Crippen LogP contribution in [-0.2, 0) is 9.53 Å². The number of benzene rings is 3. The molecule has 0 saturated carbocycles. The molecule has 2 amide bonds. The second-order valence-corrected chi connectivity index (χ2v) is 6.41. The number of carboxylic acids is 1. The summed E-state index contributed by atoms with van der Waals surface area (Å²) in [6.45, 7) is 0. The van der Waals surface area contributed by atoms with E-state index < -0.39 is 24.1 Å². The molecule has 7 heteroatoms. The predicted molar refractivity (Wildman–Crippen MR) is 110 cm³/mol. The number of ether oxygens (including phenoxy) is 1. The van der Waals surface area contributed by atoms with Crippen LogP contribution in [0.3, 0.4) is 0 Å². The van der Waals surface area contributed by atoms with Gasteiger partial charge in [-0.3, -0.25) is 10.1 Å². The molecular weight excluding hydrogens is 386 g/mol. The zero-order valence-electron chi connectivity index (χ0n) is 15.8. The molecule has 30 heavy (non-hydrogen) atoms. The van der Waals surface area contributed by atoms with Gasteiger partial charge < -0.3 is 14.9 Å². The number of aromatic hydroxyl groups is 1. The van der Waals surface area contributed by atoms with Gasteiger partial charge in [-0.1, -0.05) is 54.6 Å². The fourth-order valence-corrected chi connectivity index (χ4v) is 3.03. The lowest BCUT2D eigenvalue weighted by atomic mass is 9.97. The third-order valence-corrected chi connectivity index (χ3v) is 4.39. The number of imide groups is 1. The molecule has 0 bridgehead atoms. The van der Waals surface area contributed by atoms with Gasteiger partial charge in [0.15, 0.2) is 0 Å². The predicted octanol–water partition coefficient (Wildman–Crippen LogP) is 4.18. The molecule has 0 aliphatic rings. The highest BCUT2D eigenvalue weighted by atomic mass is 16.6. The Kier molecular flexibility index (Phi) is 6.44. The Morgan fingerprint density at radius 1 is 0.933 bits per heavy atom. The van der Waals surface area contributed by atoms with Gasteiger partial charge in [0.2, 0.25) is 0 Å². The van der Waals surface area contributed by atoms with Gasteiger partial charge in [-0.25, -0.2) is 9.59 Å². The van der Waals surface area contributed by atoms with E-state index in [0.717, 1.165) is 6.08 Å². The van der Waals surface area contributed by atoms with E-state index in [4.69, 9.17) is 9.84 Å². The van der Waals surface area contributed by atoms with E-state index in [1.807, 2.05) is 0 Å². The summed E-state index contributed by atoms with van der Waals surface area (Å²) in [5, 5.41) is 22.3. The molecule has 3 rings (SSSR count). The van der Waals surface area contributed by atoms with E-state index in [-0.39, 0.29) is 12.2 Å². The fourth-order valence-electron chi connectivity index (χ4n) is 3.03. The molecule has 1 atom stereocenters. The number of carboxylic acid groups (broad SMARTS) is 1. The van der Waals surface area contributed by atoms with Crippen molar-refractivity contribution in [3.05, 3.63) is 90.0 Å². The molecule has 0 spiro atoms. The summed E-state index contributed by atoms with van der Waals surface area (Å²) in [5.74, 6) is -1.68. The van der Waals surface area contributed by atoms with E-state index in [0.29, 0.717) is 21.9 Å². The molecular formula is C23H19NO6. The third kappa shape index (κ3) is 5.02. The van der Waals surface area contributed by atoms with Gasteiger partial charge in [0.25, 0.3) is 5.91 Å². The SMILES string of the molecule is O=C(O)/C=C/C[C@H](OC(=O)NC(=O)c1ccccc1)c1ccc(O)c2ccccc12.